The van der Waals surface area contributed by atoms with Crippen molar-refractivity contribution in [2.24, 2.45) is 0 Å². The molecule has 2 aromatic carbocycles. The molecule has 0 aliphatic carbocycles. The van der Waals surface area contributed by atoms with Gasteiger partial charge in [-0.1, -0.05) is 71.9 Å². The van der Waals surface area contributed by atoms with Crippen LogP contribution in [-0.2, 0) is 10.8 Å². The van der Waals surface area contributed by atoms with Gasteiger partial charge in [0, 0.05) is 11.1 Å². The van der Waals surface area contributed by atoms with Crippen molar-refractivity contribution in [2.45, 2.75) is 66.2 Å². The summed E-state index contributed by atoms with van der Waals surface area (Å²) in [7, 11) is 0. The summed E-state index contributed by atoms with van der Waals surface area (Å²) in [5.74, 6) is 0.435. The lowest BCUT2D eigenvalue weighted by Crippen LogP contribution is -2.17. The Hall–Kier alpha value is -2.02. The summed E-state index contributed by atoms with van der Waals surface area (Å²) in [5, 5.41) is 10.9. The third kappa shape index (κ3) is 4.15. The van der Waals surface area contributed by atoms with Crippen LogP contribution < -0.4 is 0 Å². The van der Waals surface area contributed by atoms with Gasteiger partial charge in [0.05, 0.1) is 0 Å². The molecule has 0 amide bonds. The van der Waals surface area contributed by atoms with Crippen molar-refractivity contribution in [3.8, 4) is 16.9 Å². The third-order valence-corrected chi connectivity index (χ3v) is 4.83. The molecular formula is C24H32O. The first kappa shape index (κ1) is 19.3. The van der Waals surface area contributed by atoms with E-state index in [1.165, 1.54) is 16.7 Å². The average Bonchev–Trinajstić information content (AvgIpc) is 2.52. The molecule has 0 spiro atoms. The molecular weight excluding hydrogens is 304 g/mol. The molecule has 0 aliphatic rings. The van der Waals surface area contributed by atoms with Crippen LogP contribution in [0.5, 0.6) is 5.75 Å². The van der Waals surface area contributed by atoms with Gasteiger partial charge in [-0.05, 0) is 59.1 Å². The standard InChI is InChI=1S/C24H32O/c1-9-16(2)17-10-12-18(13-11-17)19-14-20(23(3,4)5)22(25)21(15-19)24(6,7)8/h9-15,25H,1-8H3/b16-9-. The zero-order chi connectivity index (χ0) is 19.0. The fourth-order valence-corrected chi connectivity index (χ4v) is 3.04. The number of benzene rings is 2. The van der Waals surface area contributed by atoms with E-state index in [0.717, 1.165) is 16.7 Å². The van der Waals surface area contributed by atoms with Crippen molar-refractivity contribution in [1.29, 1.82) is 0 Å². The number of hydrogen-bond acceptors (Lipinski definition) is 1. The number of allylic oxidation sites excluding steroid dienone is 2. The predicted molar refractivity (Wildman–Crippen MR) is 110 cm³/mol. The highest BCUT2D eigenvalue weighted by molar-refractivity contribution is 5.72. The largest absolute Gasteiger partial charge is 0.507 e. The smallest absolute Gasteiger partial charge is 0.123 e. The second-order valence-electron chi connectivity index (χ2n) is 8.97. The Balaban J connectivity index is 2.66. The molecule has 2 rings (SSSR count). The molecule has 25 heavy (non-hydrogen) atoms. The van der Waals surface area contributed by atoms with Gasteiger partial charge in [0.1, 0.15) is 5.75 Å². The Kier molecular flexibility index (Phi) is 5.18. The Bertz CT molecular complexity index is 743. The highest BCUT2D eigenvalue weighted by Gasteiger charge is 2.26. The summed E-state index contributed by atoms with van der Waals surface area (Å²) >= 11 is 0. The van der Waals surface area contributed by atoms with Gasteiger partial charge in [-0.2, -0.15) is 0 Å². The number of phenolic OH excluding ortho intramolecular Hbond substituents is 1. The molecule has 1 heteroatoms. The second-order valence-corrected chi connectivity index (χ2v) is 8.97. The number of phenols is 1. The van der Waals surface area contributed by atoms with E-state index in [4.69, 9.17) is 0 Å². The lowest BCUT2D eigenvalue weighted by atomic mass is 9.77. The number of aromatic hydroxyl groups is 1. The summed E-state index contributed by atoms with van der Waals surface area (Å²) in [6.45, 7) is 17.1. The van der Waals surface area contributed by atoms with Crippen molar-refractivity contribution in [2.75, 3.05) is 0 Å². The molecule has 1 N–H and O–H groups in total. The van der Waals surface area contributed by atoms with Gasteiger partial charge in [-0.25, -0.2) is 0 Å². The van der Waals surface area contributed by atoms with E-state index in [9.17, 15) is 5.11 Å². The zero-order valence-corrected chi connectivity index (χ0v) is 17.0. The molecule has 0 unspecified atom stereocenters. The summed E-state index contributed by atoms with van der Waals surface area (Å²) in [4.78, 5) is 0. The maximum absolute atomic E-state index is 10.9. The summed E-state index contributed by atoms with van der Waals surface area (Å²) < 4.78 is 0. The van der Waals surface area contributed by atoms with Crippen molar-refractivity contribution in [1.82, 2.24) is 0 Å². The van der Waals surface area contributed by atoms with E-state index in [-0.39, 0.29) is 10.8 Å². The molecule has 0 saturated heterocycles. The highest BCUT2D eigenvalue weighted by atomic mass is 16.3. The van der Waals surface area contributed by atoms with E-state index in [1.807, 2.05) is 0 Å². The zero-order valence-electron chi connectivity index (χ0n) is 17.0. The van der Waals surface area contributed by atoms with Crippen LogP contribution in [0.2, 0.25) is 0 Å². The molecule has 0 saturated carbocycles. The minimum absolute atomic E-state index is 0.110. The Morgan fingerprint density at radius 3 is 1.60 bits per heavy atom. The van der Waals surface area contributed by atoms with Crippen molar-refractivity contribution in [3.63, 3.8) is 0 Å². The van der Waals surface area contributed by atoms with Gasteiger partial charge in [-0.3, -0.25) is 0 Å². The van der Waals surface area contributed by atoms with Crippen molar-refractivity contribution >= 4 is 5.57 Å². The highest BCUT2D eigenvalue weighted by Crippen LogP contribution is 2.42. The second kappa shape index (κ2) is 6.71. The lowest BCUT2D eigenvalue weighted by Gasteiger charge is -2.28. The first-order chi connectivity index (χ1) is 11.4. The van der Waals surface area contributed by atoms with Gasteiger partial charge < -0.3 is 5.11 Å². The minimum atomic E-state index is -0.110. The molecule has 0 radical (unpaired) electrons. The van der Waals surface area contributed by atoms with Crippen LogP contribution in [0.25, 0.3) is 16.7 Å². The lowest BCUT2D eigenvalue weighted by molar-refractivity contribution is 0.423. The SMILES string of the molecule is C/C=C(/C)c1ccc(-c2cc(C(C)(C)C)c(O)c(C(C)(C)C)c2)cc1. The molecule has 1 nitrogen and oxygen atoms in total. The van der Waals surface area contributed by atoms with Crippen LogP contribution in [0.15, 0.2) is 42.5 Å². The van der Waals surface area contributed by atoms with E-state index in [0.29, 0.717) is 5.75 Å². The van der Waals surface area contributed by atoms with Crippen LogP contribution >= 0.6 is 0 Å². The number of rotatable bonds is 2. The fraction of sp³-hybridized carbons (Fsp3) is 0.417. The van der Waals surface area contributed by atoms with Gasteiger partial charge in [0.15, 0.2) is 0 Å². The van der Waals surface area contributed by atoms with Crippen LogP contribution in [-0.4, -0.2) is 5.11 Å². The van der Waals surface area contributed by atoms with Gasteiger partial charge in [0.25, 0.3) is 0 Å². The van der Waals surface area contributed by atoms with E-state index >= 15 is 0 Å². The quantitative estimate of drug-likeness (QED) is 0.621. The summed E-state index contributed by atoms with van der Waals surface area (Å²) in [5.41, 5.74) is 6.66. The molecule has 0 aromatic heterocycles. The summed E-state index contributed by atoms with van der Waals surface area (Å²) in [6, 6.07) is 13.0. The van der Waals surface area contributed by atoms with Gasteiger partial charge >= 0.3 is 0 Å². The molecule has 0 atom stereocenters. The van der Waals surface area contributed by atoms with Gasteiger partial charge in [-0.15, -0.1) is 0 Å². The van der Waals surface area contributed by atoms with E-state index in [1.54, 1.807) is 0 Å². The average molecular weight is 337 g/mol. The molecule has 134 valence electrons. The molecule has 0 fully saturated rings. The maximum Gasteiger partial charge on any atom is 0.123 e. The van der Waals surface area contributed by atoms with Crippen LogP contribution in [0.4, 0.5) is 0 Å². The monoisotopic (exact) mass is 336 g/mol. The molecule has 0 heterocycles. The minimum Gasteiger partial charge on any atom is -0.507 e. The van der Waals surface area contributed by atoms with Crippen LogP contribution in [0, 0.1) is 0 Å². The first-order valence-corrected chi connectivity index (χ1v) is 9.07. The molecule has 0 bridgehead atoms. The topological polar surface area (TPSA) is 20.2 Å². The third-order valence-electron chi connectivity index (χ3n) is 4.83. The van der Waals surface area contributed by atoms with Gasteiger partial charge in [0.2, 0.25) is 0 Å². The van der Waals surface area contributed by atoms with Crippen molar-refractivity contribution < 1.29 is 5.11 Å². The predicted octanol–water partition coefficient (Wildman–Crippen LogP) is 7.08. The number of hydrogen-bond donors (Lipinski definition) is 1. The van der Waals surface area contributed by atoms with Crippen LogP contribution in [0.1, 0.15) is 72.1 Å². The first-order valence-electron chi connectivity index (χ1n) is 9.07. The maximum atomic E-state index is 10.9. The Labute approximate surface area is 153 Å². The Morgan fingerprint density at radius 2 is 1.24 bits per heavy atom. The molecule has 2 aromatic rings. The van der Waals surface area contributed by atoms with Crippen LogP contribution in [0.3, 0.4) is 0 Å². The van der Waals surface area contributed by atoms with Crippen molar-refractivity contribution in [3.05, 3.63) is 59.2 Å². The van der Waals surface area contributed by atoms with E-state index < -0.39 is 0 Å². The fourth-order valence-electron chi connectivity index (χ4n) is 3.04. The summed E-state index contributed by atoms with van der Waals surface area (Å²) in [6.07, 6.45) is 2.13. The Morgan fingerprint density at radius 1 is 0.800 bits per heavy atom. The molecule has 0 aliphatic heterocycles. The van der Waals surface area contributed by atoms with E-state index in [2.05, 4.69) is 97.9 Å². The normalized spacial score (nSPS) is 13.2.